The van der Waals surface area contributed by atoms with Crippen LogP contribution in [0.1, 0.15) is 23.7 Å². The first-order chi connectivity index (χ1) is 9.04. The van der Waals surface area contributed by atoms with Crippen LogP contribution in [-0.2, 0) is 0 Å². The molecule has 1 aliphatic heterocycles. The van der Waals surface area contributed by atoms with Crippen molar-refractivity contribution in [1.29, 1.82) is 0 Å². The zero-order valence-corrected chi connectivity index (χ0v) is 11.3. The molecule has 1 aromatic rings. The molecule has 19 heavy (non-hydrogen) atoms. The van der Waals surface area contributed by atoms with Gasteiger partial charge in [-0.05, 0) is 24.5 Å². The monoisotopic (exact) mass is 264 g/mol. The Morgan fingerprint density at radius 1 is 1.53 bits per heavy atom. The number of carbonyl (C=O) groups is 1. The lowest BCUT2D eigenvalue weighted by atomic mass is 9.96. The van der Waals surface area contributed by atoms with E-state index >= 15 is 0 Å². The molecule has 104 valence electrons. The van der Waals surface area contributed by atoms with E-state index in [9.17, 15) is 9.90 Å². The van der Waals surface area contributed by atoms with Crippen LogP contribution in [0.25, 0.3) is 0 Å². The molecule has 1 fully saturated rings. The maximum absolute atomic E-state index is 12.5. The molecule has 1 aromatic carbocycles. The summed E-state index contributed by atoms with van der Waals surface area (Å²) in [6.07, 6.45) is 0.282. The number of piperidine rings is 1. The lowest BCUT2D eigenvalue weighted by Gasteiger charge is -2.34. The van der Waals surface area contributed by atoms with Crippen molar-refractivity contribution in [3.8, 4) is 5.75 Å². The average Bonchev–Trinajstić information content (AvgIpc) is 2.40. The van der Waals surface area contributed by atoms with Crippen molar-refractivity contribution in [2.75, 3.05) is 25.9 Å². The second kappa shape index (κ2) is 5.48. The van der Waals surface area contributed by atoms with E-state index in [0.717, 1.165) is 0 Å². The molecule has 3 N–H and O–H groups in total. The number of ether oxygens (including phenoxy) is 1. The van der Waals surface area contributed by atoms with Gasteiger partial charge in [0.25, 0.3) is 5.91 Å². The van der Waals surface area contributed by atoms with Gasteiger partial charge in [0.1, 0.15) is 0 Å². The third kappa shape index (κ3) is 2.66. The first kappa shape index (κ1) is 13.7. The van der Waals surface area contributed by atoms with E-state index in [2.05, 4.69) is 0 Å². The minimum atomic E-state index is -0.327. The van der Waals surface area contributed by atoms with Crippen LogP contribution in [0.5, 0.6) is 5.75 Å². The highest BCUT2D eigenvalue weighted by atomic mass is 16.5. The number of aliphatic hydroxyl groups excluding tert-OH is 1. The normalized spacial score (nSPS) is 23.2. The second-order valence-corrected chi connectivity index (χ2v) is 5.01. The number of nitrogens with zero attached hydrogens (tertiary/aromatic N) is 1. The van der Waals surface area contributed by atoms with Gasteiger partial charge >= 0.3 is 0 Å². The third-order valence-electron chi connectivity index (χ3n) is 3.63. The third-order valence-corrected chi connectivity index (χ3v) is 3.63. The van der Waals surface area contributed by atoms with Gasteiger partial charge in [-0.25, -0.2) is 0 Å². The van der Waals surface area contributed by atoms with Crippen molar-refractivity contribution >= 4 is 11.6 Å². The van der Waals surface area contributed by atoms with E-state index in [-0.39, 0.29) is 17.9 Å². The highest BCUT2D eigenvalue weighted by Gasteiger charge is 2.29. The molecule has 2 atom stereocenters. The molecule has 5 nitrogen and oxygen atoms in total. The quantitative estimate of drug-likeness (QED) is 0.785. The summed E-state index contributed by atoms with van der Waals surface area (Å²) >= 11 is 0. The van der Waals surface area contributed by atoms with E-state index in [4.69, 9.17) is 10.5 Å². The molecule has 0 aromatic heterocycles. The molecular weight excluding hydrogens is 244 g/mol. The summed E-state index contributed by atoms with van der Waals surface area (Å²) in [6, 6.07) is 5.17. The van der Waals surface area contributed by atoms with Gasteiger partial charge in [0.05, 0.1) is 24.5 Å². The molecule has 5 heteroatoms. The number of nitrogens with two attached hydrogens (primary N) is 1. The molecule has 0 spiro atoms. The fourth-order valence-corrected chi connectivity index (χ4v) is 2.44. The zero-order chi connectivity index (χ0) is 14.0. The predicted octanol–water partition coefficient (Wildman–Crippen LogP) is 1.12. The van der Waals surface area contributed by atoms with E-state index < -0.39 is 0 Å². The number of hydrogen-bond acceptors (Lipinski definition) is 4. The molecule has 0 saturated carbocycles. The van der Waals surface area contributed by atoms with Crippen LogP contribution in [0.15, 0.2) is 18.2 Å². The van der Waals surface area contributed by atoms with E-state index in [1.807, 2.05) is 6.92 Å². The van der Waals surface area contributed by atoms with Crippen molar-refractivity contribution in [3.63, 3.8) is 0 Å². The van der Waals surface area contributed by atoms with Crippen LogP contribution in [0.4, 0.5) is 5.69 Å². The summed E-state index contributed by atoms with van der Waals surface area (Å²) in [6.45, 7) is 3.06. The number of para-hydroxylation sites is 1. The number of likely N-dealkylation sites (tertiary alicyclic amines) is 1. The lowest BCUT2D eigenvalue weighted by molar-refractivity contribution is 0.0296. The van der Waals surface area contributed by atoms with Crippen molar-refractivity contribution in [3.05, 3.63) is 23.8 Å². The Morgan fingerprint density at radius 2 is 2.26 bits per heavy atom. The number of methoxy groups -OCH3 is 1. The summed E-state index contributed by atoms with van der Waals surface area (Å²) in [4.78, 5) is 14.2. The average molecular weight is 264 g/mol. The van der Waals surface area contributed by atoms with Crippen LogP contribution < -0.4 is 10.5 Å². The Bertz CT molecular complexity index is 476. The molecule has 0 radical (unpaired) electrons. The van der Waals surface area contributed by atoms with E-state index in [0.29, 0.717) is 36.5 Å². The SMILES string of the molecule is COc1c(N)cccc1C(=O)N1CCC(O)C(C)C1. The van der Waals surface area contributed by atoms with Crippen molar-refractivity contribution in [2.45, 2.75) is 19.4 Å². The minimum Gasteiger partial charge on any atom is -0.494 e. The van der Waals surface area contributed by atoms with Crippen LogP contribution in [0, 0.1) is 5.92 Å². The summed E-state index contributed by atoms with van der Waals surface area (Å²) in [5.74, 6) is 0.416. The standard InChI is InChI=1S/C14H20N2O3/c1-9-8-16(7-6-12(9)17)14(18)10-4-3-5-11(15)13(10)19-2/h3-5,9,12,17H,6-8,15H2,1-2H3. The Hall–Kier alpha value is -1.75. The molecule has 0 bridgehead atoms. The largest absolute Gasteiger partial charge is 0.494 e. The molecule has 1 aliphatic rings. The van der Waals surface area contributed by atoms with Crippen LogP contribution in [-0.4, -0.2) is 42.2 Å². The Kier molecular flexibility index (Phi) is 3.95. The second-order valence-electron chi connectivity index (χ2n) is 5.01. The molecule has 1 saturated heterocycles. The molecule has 0 aliphatic carbocycles. The number of carbonyl (C=O) groups excluding carboxylic acids is 1. The molecule has 1 amide bonds. The van der Waals surface area contributed by atoms with Gasteiger partial charge < -0.3 is 20.5 Å². The van der Waals surface area contributed by atoms with Gasteiger partial charge in [0.15, 0.2) is 5.75 Å². The number of hydrogen-bond donors (Lipinski definition) is 2. The topological polar surface area (TPSA) is 75.8 Å². The lowest BCUT2D eigenvalue weighted by Crippen LogP contribution is -2.45. The first-order valence-electron chi connectivity index (χ1n) is 6.44. The van der Waals surface area contributed by atoms with Crippen molar-refractivity contribution in [1.82, 2.24) is 4.90 Å². The van der Waals surface area contributed by atoms with Crippen LogP contribution in [0.3, 0.4) is 0 Å². The fraction of sp³-hybridized carbons (Fsp3) is 0.500. The Morgan fingerprint density at radius 3 is 2.89 bits per heavy atom. The van der Waals surface area contributed by atoms with Crippen LogP contribution in [0.2, 0.25) is 0 Å². The Labute approximate surface area is 113 Å². The van der Waals surface area contributed by atoms with Gasteiger partial charge in [0.2, 0.25) is 0 Å². The van der Waals surface area contributed by atoms with E-state index in [1.165, 1.54) is 7.11 Å². The van der Waals surface area contributed by atoms with Gasteiger partial charge in [-0.2, -0.15) is 0 Å². The van der Waals surface area contributed by atoms with Gasteiger partial charge in [-0.3, -0.25) is 4.79 Å². The van der Waals surface area contributed by atoms with E-state index in [1.54, 1.807) is 23.1 Å². The number of anilines is 1. The zero-order valence-electron chi connectivity index (χ0n) is 11.3. The maximum atomic E-state index is 12.5. The summed E-state index contributed by atoms with van der Waals surface area (Å²) in [5, 5.41) is 9.71. The number of rotatable bonds is 2. The van der Waals surface area contributed by atoms with Crippen molar-refractivity contribution in [2.24, 2.45) is 5.92 Å². The van der Waals surface area contributed by atoms with Gasteiger partial charge in [-0.1, -0.05) is 13.0 Å². The predicted molar refractivity (Wildman–Crippen MR) is 73.1 cm³/mol. The highest BCUT2D eigenvalue weighted by Crippen LogP contribution is 2.28. The Balaban J connectivity index is 2.23. The number of nitrogen functional groups attached to an aromatic ring is 1. The number of amides is 1. The summed E-state index contributed by atoms with van der Waals surface area (Å²) in [7, 11) is 1.51. The van der Waals surface area contributed by atoms with Crippen molar-refractivity contribution < 1.29 is 14.6 Å². The maximum Gasteiger partial charge on any atom is 0.257 e. The molecule has 2 unspecified atom stereocenters. The molecule has 2 rings (SSSR count). The summed E-state index contributed by atoms with van der Waals surface area (Å²) in [5.41, 5.74) is 6.75. The molecule has 1 heterocycles. The van der Waals surface area contributed by atoms with Gasteiger partial charge in [0, 0.05) is 13.1 Å². The first-order valence-corrected chi connectivity index (χ1v) is 6.44. The minimum absolute atomic E-state index is 0.0877. The van der Waals surface area contributed by atoms with Gasteiger partial charge in [-0.15, -0.1) is 0 Å². The fourth-order valence-electron chi connectivity index (χ4n) is 2.44. The highest BCUT2D eigenvalue weighted by molar-refractivity contribution is 5.98. The molecular formula is C14H20N2O3. The summed E-state index contributed by atoms with van der Waals surface area (Å²) < 4.78 is 5.21. The smallest absolute Gasteiger partial charge is 0.257 e. The number of aliphatic hydroxyl groups is 1. The van der Waals surface area contributed by atoms with Crippen LogP contribution >= 0.6 is 0 Å². The number of benzene rings is 1.